The highest BCUT2D eigenvalue weighted by Gasteiger charge is 2.52. The van der Waals surface area contributed by atoms with Crippen molar-refractivity contribution in [3.05, 3.63) is 60.7 Å². The first-order valence-corrected chi connectivity index (χ1v) is 12.1. The molecule has 164 valence electrons. The number of aliphatic hydroxyl groups excluding tert-OH is 3. The van der Waals surface area contributed by atoms with Crippen LogP contribution in [0.1, 0.15) is 20.8 Å². The SMILES string of the molecule is CO[C@@H]1O[C@H](CO[Si](c2ccccc2)(c2ccccc2)C(C)(C)C)[C@H](O)[C@@H](O)[C@@H]1O. The van der Waals surface area contributed by atoms with Crippen LogP contribution in [0.25, 0.3) is 0 Å². The lowest BCUT2D eigenvalue weighted by molar-refractivity contribution is -0.293. The van der Waals surface area contributed by atoms with E-state index in [0.717, 1.165) is 10.4 Å². The molecule has 3 rings (SSSR count). The van der Waals surface area contributed by atoms with Gasteiger partial charge in [-0.15, -0.1) is 0 Å². The van der Waals surface area contributed by atoms with Crippen molar-refractivity contribution in [1.29, 1.82) is 0 Å². The topological polar surface area (TPSA) is 88.4 Å². The monoisotopic (exact) mass is 432 g/mol. The normalized spacial score (nSPS) is 27.8. The number of rotatable bonds is 6. The first kappa shape index (κ1) is 23.1. The van der Waals surface area contributed by atoms with Crippen molar-refractivity contribution < 1.29 is 29.2 Å². The quantitative estimate of drug-likeness (QED) is 0.591. The van der Waals surface area contributed by atoms with Gasteiger partial charge in [-0.1, -0.05) is 81.4 Å². The van der Waals surface area contributed by atoms with Crippen LogP contribution < -0.4 is 10.4 Å². The average Bonchev–Trinajstić information content (AvgIpc) is 2.74. The van der Waals surface area contributed by atoms with E-state index >= 15 is 0 Å². The van der Waals surface area contributed by atoms with E-state index in [1.807, 2.05) is 36.4 Å². The summed E-state index contributed by atoms with van der Waals surface area (Å²) in [6.07, 6.45) is -5.86. The largest absolute Gasteiger partial charge is 0.405 e. The lowest BCUT2D eigenvalue weighted by Crippen LogP contribution is -2.68. The fourth-order valence-corrected chi connectivity index (χ4v) is 8.79. The first-order chi connectivity index (χ1) is 14.2. The summed E-state index contributed by atoms with van der Waals surface area (Å²) < 4.78 is 17.6. The molecule has 0 unspecified atom stereocenters. The highest BCUT2D eigenvalue weighted by molar-refractivity contribution is 6.99. The summed E-state index contributed by atoms with van der Waals surface area (Å²) in [7, 11) is -1.42. The summed E-state index contributed by atoms with van der Waals surface area (Å²) >= 11 is 0. The van der Waals surface area contributed by atoms with Gasteiger partial charge in [-0.25, -0.2) is 0 Å². The van der Waals surface area contributed by atoms with Crippen molar-refractivity contribution in [1.82, 2.24) is 0 Å². The zero-order chi connectivity index (χ0) is 21.9. The molecule has 0 radical (unpaired) electrons. The second kappa shape index (κ2) is 9.28. The summed E-state index contributed by atoms with van der Waals surface area (Å²) in [4.78, 5) is 0. The molecule has 7 heteroatoms. The molecule has 1 aliphatic heterocycles. The Bertz CT molecular complexity index is 753. The molecule has 1 aliphatic rings. The molecule has 30 heavy (non-hydrogen) atoms. The molecule has 0 spiro atoms. The van der Waals surface area contributed by atoms with Gasteiger partial charge in [0.25, 0.3) is 8.32 Å². The molecule has 0 saturated carbocycles. The minimum absolute atomic E-state index is 0.0537. The predicted octanol–water partition coefficient (Wildman–Crippen LogP) is 1.02. The van der Waals surface area contributed by atoms with Crippen LogP contribution in [0.4, 0.5) is 0 Å². The van der Waals surface area contributed by atoms with Gasteiger partial charge in [0.15, 0.2) is 6.29 Å². The maximum atomic E-state index is 10.5. The molecule has 1 saturated heterocycles. The molecule has 2 aromatic rings. The third kappa shape index (κ3) is 4.24. The Morgan fingerprint density at radius 2 is 1.33 bits per heavy atom. The molecule has 0 amide bonds. The Balaban J connectivity index is 2.00. The van der Waals surface area contributed by atoms with E-state index in [1.54, 1.807) is 0 Å². The van der Waals surface area contributed by atoms with Gasteiger partial charge in [-0.2, -0.15) is 0 Å². The first-order valence-electron chi connectivity index (χ1n) is 10.2. The van der Waals surface area contributed by atoms with Crippen molar-refractivity contribution in [2.45, 2.75) is 56.5 Å². The van der Waals surface area contributed by atoms with E-state index in [0.29, 0.717) is 0 Å². The average molecular weight is 433 g/mol. The van der Waals surface area contributed by atoms with Crippen LogP contribution in [0.15, 0.2) is 60.7 Å². The zero-order valence-corrected chi connectivity index (χ0v) is 18.9. The number of benzene rings is 2. The van der Waals surface area contributed by atoms with E-state index < -0.39 is 39.0 Å². The van der Waals surface area contributed by atoms with Crippen molar-refractivity contribution in [2.24, 2.45) is 0 Å². The number of hydrogen-bond acceptors (Lipinski definition) is 6. The molecule has 1 heterocycles. The second-order valence-corrected chi connectivity index (χ2v) is 13.0. The standard InChI is InChI=1S/C23H32O6Si/c1-23(2,3)30(16-11-7-5-8-12-16,17-13-9-6-10-14-17)28-15-18-19(24)20(25)21(26)22(27-4)29-18/h5-14,18-22,24-26H,15H2,1-4H3/t18-,19+,20-,21+,22-/m1/s1. The fourth-order valence-electron chi connectivity index (χ4n) is 4.22. The van der Waals surface area contributed by atoms with Crippen molar-refractivity contribution in [2.75, 3.05) is 13.7 Å². The third-order valence-corrected chi connectivity index (χ3v) is 10.8. The number of ether oxygens (including phenoxy) is 2. The summed E-state index contributed by atoms with van der Waals surface area (Å²) in [5.74, 6) is 0. The maximum absolute atomic E-state index is 10.5. The van der Waals surface area contributed by atoms with Crippen LogP contribution in [0.2, 0.25) is 5.04 Å². The number of hydrogen-bond donors (Lipinski definition) is 3. The van der Waals surface area contributed by atoms with Crippen LogP contribution >= 0.6 is 0 Å². The van der Waals surface area contributed by atoms with Gasteiger partial charge in [0.2, 0.25) is 0 Å². The Morgan fingerprint density at radius 1 is 0.833 bits per heavy atom. The van der Waals surface area contributed by atoms with E-state index in [1.165, 1.54) is 7.11 Å². The molecular formula is C23H32O6Si. The van der Waals surface area contributed by atoms with Crippen LogP contribution in [0.3, 0.4) is 0 Å². The summed E-state index contributed by atoms with van der Waals surface area (Å²) in [6.45, 7) is 6.54. The van der Waals surface area contributed by atoms with Gasteiger partial charge in [-0.3, -0.25) is 0 Å². The van der Waals surface area contributed by atoms with Crippen molar-refractivity contribution in [3.63, 3.8) is 0 Å². The minimum Gasteiger partial charge on any atom is -0.405 e. The Labute approximate surface area is 179 Å². The van der Waals surface area contributed by atoms with Crippen molar-refractivity contribution >= 4 is 18.7 Å². The molecule has 3 N–H and O–H groups in total. The number of aliphatic hydroxyl groups is 3. The highest BCUT2D eigenvalue weighted by Crippen LogP contribution is 2.37. The molecule has 6 nitrogen and oxygen atoms in total. The van der Waals surface area contributed by atoms with E-state index in [4.69, 9.17) is 13.9 Å². The third-order valence-electron chi connectivity index (χ3n) is 5.78. The van der Waals surface area contributed by atoms with Gasteiger partial charge in [-0.05, 0) is 15.4 Å². The van der Waals surface area contributed by atoms with Crippen LogP contribution in [0.5, 0.6) is 0 Å². The Morgan fingerprint density at radius 3 is 1.77 bits per heavy atom. The summed E-state index contributed by atoms with van der Waals surface area (Å²) in [5.41, 5.74) is 0. The predicted molar refractivity (Wildman–Crippen MR) is 117 cm³/mol. The zero-order valence-electron chi connectivity index (χ0n) is 17.9. The molecular weight excluding hydrogens is 400 g/mol. The smallest absolute Gasteiger partial charge is 0.261 e. The Kier molecular flexibility index (Phi) is 7.14. The molecule has 0 bridgehead atoms. The van der Waals surface area contributed by atoms with E-state index in [9.17, 15) is 15.3 Å². The van der Waals surface area contributed by atoms with Crippen LogP contribution in [-0.4, -0.2) is 68.1 Å². The Hall–Kier alpha value is -1.58. The second-order valence-electron chi connectivity index (χ2n) is 8.72. The van der Waals surface area contributed by atoms with Gasteiger partial charge in [0.05, 0.1) is 6.61 Å². The van der Waals surface area contributed by atoms with Gasteiger partial charge >= 0.3 is 0 Å². The molecule has 2 aromatic carbocycles. The fraction of sp³-hybridized carbons (Fsp3) is 0.478. The van der Waals surface area contributed by atoms with Gasteiger partial charge in [0, 0.05) is 7.11 Å². The molecule has 1 fully saturated rings. The maximum Gasteiger partial charge on any atom is 0.261 e. The van der Waals surface area contributed by atoms with Crippen LogP contribution in [0, 0.1) is 0 Å². The van der Waals surface area contributed by atoms with Gasteiger partial charge < -0.3 is 29.2 Å². The van der Waals surface area contributed by atoms with Gasteiger partial charge in [0.1, 0.15) is 24.4 Å². The van der Waals surface area contributed by atoms with E-state index in [2.05, 4.69) is 45.0 Å². The van der Waals surface area contributed by atoms with Crippen molar-refractivity contribution in [3.8, 4) is 0 Å². The molecule has 0 aliphatic carbocycles. The number of methoxy groups -OCH3 is 1. The highest BCUT2D eigenvalue weighted by atomic mass is 28.4. The van der Waals surface area contributed by atoms with Crippen LogP contribution in [-0.2, 0) is 13.9 Å². The lowest BCUT2D eigenvalue weighted by Gasteiger charge is -2.45. The summed E-state index contributed by atoms with van der Waals surface area (Å²) in [5, 5.41) is 32.8. The summed E-state index contributed by atoms with van der Waals surface area (Å²) in [6, 6.07) is 20.3. The molecule has 5 atom stereocenters. The van der Waals surface area contributed by atoms with E-state index in [-0.39, 0.29) is 11.6 Å². The molecule has 0 aromatic heterocycles. The lowest BCUT2D eigenvalue weighted by atomic mass is 9.99. The minimum atomic E-state index is -2.81.